The molecule has 2 aromatic carbocycles. The van der Waals surface area contributed by atoms with Gasteiger partial charge in [0.2, 0.25) is 0 Å². The molecule has 1 N–H and O–H groups in total. The molecule has 31 heavy (non-hydrogen) atoms. The van der Waals surface area contributed by atoms with Crippen LogP contribution in [0.15, 0.2) is 30.3 Å². The van der Waals surface area contributed by atoms with Gasteiger partial charge in [-0.2, -0.15) is 0 Å². The van der Waals surface area contributed by atoms with Crippen LogP contribution in [0.2, 0.25) is 10.0 Å². The van der Waals surface area contributed by atoms with E-state index in [2.05, 4.69) is 32.9 Å². The molecular weight excluding hydrogens is 453 g/mol. The van der Waals surface area contributed by atoms with Gasteiger partial charge in [-0.25, -0.2) is 0 Å². The number of hydrogen-bond donors (Lipinski definition) is 1. The van der Waals surface area contributed by atoms with Gasteiger partial charge >= 0.3 is 0 Å². The molecule has 1 aliphatic rings. The van der Waals surface area contributed by atoms with E-state index in [0.717, 1.165) is 46.6 Å². The van der Waals surface area contributed by atoms with Gasteiger partial charge in [-0.15, -0.1) is 0 Å². The molecule has 0 saturated carbocycles. The van der Waals surface area contributed by atoms with Crippen LogP contribution in [0.25, 0.3) is 0 Å². The summed E-state index contributed by atoms with van der Waals surface area (Å²) < 4.78 is 6.93. The van der Waals surface area contributed by atoms with E-state index in [1.165, 1.54) is 31.2 Å². The minimum Gasteiger partial charge on any atom is -1.00 e. The van der Waals surface area contributed by atoms with Crippen molar-refractivity contribution in [3.63, 3.8) is 0 Å². The molecule has 6 heteroatoms. The van der Waals surface area contributed by atoms with Gasteiger partial charge in [-0.1, -0.05) is 47.0 Å². The number of nitrogens with zero attached hydrogens (tertiary/aromatic N) is 1. The largest absolute Gasteiger partial charge is 1.00 e. The number of ether oxygens (including phenoxy) is 1. The first-order chi connectivity index (χ1) is 14.3. The van der Waals surface area contributed by atoms with Gasteiger partial charge in [0, 0.05) is 10.6 Å². The topological polar surface area (TPSA) is 29.5 Å². The molecule has 3 rings (SSSR count). The zero-order valence-electron chi connectivity index (χ0n) is 18.8. The molecule has 0 amide bonds. The minimum absolute atomic E-state index is 0. The van der Waals surface area contributed by atoms with Gasteiger partial charge in [-0.3, -0.25) is 0 Å². The third-order valence-electron chi connectivity index (χ3n) is 6.16. The number of quaternary nitrogens is 1. The maximum Gasteiger partial charge on any atom is 0.137 e. The Morgan fingerprint density at radius 3 is 2.16 bits per heavy atom. The van der Waals surface area contributed by atoms with E-state index in [1.54, 1.807) is 0 Å². The monoisotopic (exact) mass is 485 g/mol. The second kappa shape index (κ2) is 11.8. The van der Waals surface area contributed by atoms with Crippen LogP contribution in [0.5, 0.6) is 5.75 Å². The highest BCUT2D eigenvalue weighted by Gasteiger charge is 2.32. The molecule has 172 valence electrons. The van der Waals surface area contributed by atoms with E-state index in [9.17, 15) is 5.11 Å². The first-order valence-corrected chi connectivity index (χ1v) is 11.7. The smallest absolute Gasteiger partial charge is 0.137 e. The van der Waals surface area contributed by atoms with Gasteiger partial charge in [0.15, 0.2) is 0 Å². The Labute approximate surface area is 203 Å². The summed E-state index contributed by atoms with van der Waals surface area (Å²) in [5.74, 6) is 0.891. The van der Waals surface area contributed by atoms with Crippen molar-refractivity contribution < 1.29 is 26.7 Å². The Morgan fingerprint density at radius 2 is 1.58 bits per heavy atom. The summed E-state index contributed by atoms with van der Waals surface area (Å²) in [6.07, 6.45) is 4.32. The summed E-state index contributed by atoms with van der Waals surface area (Å²) in [5, 5.41) is 12.3. The fraction of sp³-hybridized carbons (Fsp3) is 0.520. The molecule has 0 bridgehead atoms. The minimum atomic E-state index is -0.533. The highest BCUT2D eigenvalue weighted by molar-refractivity contribution is 6.35. The molecule has 1 aliphatic heterocycles. The number of aliphatic hydroxyl groups is 1. The lowest BCUT2D eigenvalue weighted by atomic mass is 10.1. The lowest BCUT2D eigenvalue weighted by Crippen LogP contribution is -3.00. The van der Waals surface area contributed by atoms with Crippen LogP contribution in [0.3, 0.4) is 0 Å². The Kier molecular flexibility index (Phi) is 9.98. The number of benzene rings is 2. The first kappa shape index (κ1) is 26.3. The van der Waals surface area contributed by atoms with E-state index in [-0.39, 0.29) is 12.4 Å². The quantitative estimate of drug-likeness (QED) is 0.609. The third-order valence-corrected chi connectivity index (χ3v) is 6.75. The number of aryl methyl sites for hydroxylation is 3. The zero-order valence-corrected chi connectivity index (χ0v) is 21.0. The summed E-state index contributed by atoms with van der Waals surface area (Å²) in [5.41, 5.74) is 4.56. The van der Waals surface area contributed by atoms with Crippen molar-refractivity contribution in [3.8, 4) is 5.75 Å². The lowest BCUT2D eigenvalue weighted by Gasteiger charge is -2.39. The fourth-order valence-electron chi connectivity index (χ4n) is 4.85. The van der Waals surface area contributed by atoms with Crippen LogP contribution >= 0.6 is 23.2 Å². The van der Waals surface area contributed by atoms with E-state index in [4.69, 9.17) is 27.9 Å². The summed E-state index contributed by atoms with van der Waals surface area (Å²) >= 11 is 12.6. The molecule has 0 aromatic heterocycles. The van der Waals surface area contributed by atoms with Gasteiger partial charge in [-0.05, 0) is 69.7 Å². The van der Waals surface area contributed by atoms with Crippen LogP contribution in [0.4, 0.5) is 0 Å². The van der Waals surface area contributed by atoms with Crippen molar-refractivity contribution in [1.82, 2.24) is 0 Å². The number of rotatable bonds is 7. The number of likely N-dealkylation sites (tertiary alicyclic amines) is 1. The predicted octanol–water partition coefficient (Wildman–Crippen LogP) is 3.25. The number of halogens is 3. The zero-order chi connectivity index (χ0) is 21.7. The Balaban J connectivity index is 0.00000341. The molecule has 1 fully saturated rings. The molecule has 1 saturated heterocycles. The van der Waals surface area contributed by atoms with E-state index >= 15 is 0 Å². The summed E-state index contributed by atoms with van der Waals surface area (Å²) in [6.45, 7) is 10.1. The first-order valence-electron chi connectivity index (χ1n) is 11.0. The van der Waals surface area contributed by atoms with Crippen LogP contribution in [-0.4, -0.2) is 41.9 Å². The predicted molar refractivity (Wildman–Crippen MR) is 126 cm³/mol. The molecular formula is C25H34Cl3NO2. The number of hydrogen-bond acceptors (Lipinski definition) is 2. The molecule has 0 aliphatic carbocycles. The molecule has 1 heterocycles. The highest BCUT2D eigenvalue weighted by Crippen LogP contribution is 2.29. The van der Waals surface area contributed by atoms with Gasteiger partial charge < -0.3 is 26.7 Å². The molecule has 3 nitrogen and oxygen atoms in total. The van der Waals surface area contributed by atoms with Gasteiger partial charge in [0.05, 0.1) is 18.1 Å². The summed E-state index contributed by atoms with van der Waals surface area (Å²) in [7, 11) is 0. The van der Waals surface area contributed by atoms with Crippen LogP contribution in [0, 0.1) is 20.8 Å². The van der Waals surface area contributed by atoms with E-state index < -0.39 is 6.10 Å². The van der Waals surface area contributed by atoms with Crippen molar-refractivity contribution in [2.45, 2.75) is 59.1 Å². The second-order valence-corrected chi connectivity index (χ2v) is 9.82. The molecule has 0 radical (unpaired) electrons. The maximum absolute atomic E-state index is 11.0. The third kappa shape index (κ3) is 7.27. The van der Waals surface area contributed by atoms with Crippen LogP contribution in [0.1, 0.15) is 47.9 Å². The maximum atomic E-state index is 11.0. The van der Waals surface area contributed by atoms with Crippen LogP contribution in [-0.2, 0) is 6.54 Å². The van der Waals surface area contributed by atoms with Crippen molar-refractivity contribution in [1.29, 1.82) is 0 Å². The van der Waals surface area contributed by atoms with Crippen molar-refractivity contribution in [2.75, 3.05) is 26.2 Å². The van der Waals surface area contributed by atoms with Crippen molar-refractivity contribution >= 4 is 23.2 Å². The average Bonchev–Trinajstić information content (AvgIpc) is 2.89. The highest BCUT2D eigenvalue weighted by atomic mass is 35.5. The van der Waals surface area contributed by atoms with Gasteiger partial charge in [0.1, 0.15) is 31.5 Å². The summed E-state index contributed by atoms with van der Waals surface area (Å²) in [4.78, 5) is 0. The van der Waals surface area contributed by atoms with Crippen molar-refractivity contribution in [2.24, 2.45) is 0 Å². The SMILES string of the molecule is Cc1cc(C)c(OCC(O)C[N+]2(Cc3ccc(Cl)cc3Cl)CCCCCC2)c(C)c1.[Cl-]. The summed E-state index contributed by atoms with van der Waals surface area (Å²) in [6, 6.07) is 9.99. The standard InChI is InChI=1S/C25H34Cl2NO2.ClH/c1-18-12-19(2)25(20(3)13-18)30-17-23(29)16-28(10-6-4-5-7-11-28)15-21-8-9-22(26)14-24(21)27;/h8-9,12-14,23,29H,4-7,10-11,15-17H2,1-3H3;1H/q+1;/p-1. The molecule has 2 aromatic rings. The van der Waals surface area contributed by atoms with Crippen molar-refractivity contribution in [3.05, 3.63) is 62.6 Å². The number of aliphatic hydroxyl groups excluding tert-OH is 1. The van der Waals surface area contributed by atoms with E-state index in [1.807, 2.05) is 18.2 Å². The molecule has 1 unspecified atom stereocenters. The second-order valence-electron chi connectivity index (χ2n) is 8.97. The molecule has 0 spiro atoms. The Bertz CT molecular complexity index is 841. The van der Waals surface area contributed by atoms with E-state index in [0.29, 0.717) is 23.2 Å². The Morgan fingerprint density at radius 1 is 0.968 bits per heavy atom. The lowest BCUT2D eigenvalue weighted by molar-refractivity contribution is -0.942. The normalized spacial score (nSPS) is 16.8. The van der Waals surface area contributed by atoms with Gasteiger partial charge in [0.25, 0.3) is 0 Å². The average molecular weight is 487 g/mol. The van der Waals surface area contributed by atoms with Crippen LogP contribution < -0.4 is 17.1 Å². The molecule has 1 atom stereocenters. The Hall–Kier alpha value is -0.970. The fourth-order valence-corrected chi connectivity index (χ4v) is 5.32.